The quantitative estimate of drug-likeness (QED) is 0.550. The third-order valence-electron chi connectivity index (χ3n) is 5.04. The van der Waals surface area contributed by atoms with Gasteiger partial charge in [-0.1, -0.05) is 27.6 Å². The van der Waals surface area contributed by atoms with Crippen LogP contribution in [-0.4, -0.2) is 15.8 Å². The van der Waals surface area contributed by atoms with Gasteiger partial charge < -0.3 is 9.84 Å². The second-order valence-corrected chi connectivity index (χ2v) is 8.57. The molecule has 0 radical (unpaired) electrons. The maximum absolute atomic E-state index is 10.4. The van der Waals surface area contributed by atoms with Gasteiger partial charge in [0.25, 0.3) is 0 Å². The predicted octanol–water partition coefficient (Wildman–Crippen LogP) is 5.77. The fourth-order valence-corrected chi connectivity index (χ4v) is 4.78. The minimum absolute atomic E-state index is 0.0751. The van der Waals surface area contributed by atoms with E-state index in [1.54, 1.807) is 17.4 Å². The van der Waals surface area contributed by atoms with Gasteiger partial charge in [-0.15, -0.1) is 0 Å². The Hall–Kier alpha value is -2.31. The minimum atomic E-state index is -0.264. The van der Waals surface area contributed by atoms with Crippen LogP contribution in [0.1, 0.15) is 40.9 Å². The van der Waals surface area contributed by atoms with Gasteiger partial charge in [-0.25, -0.2) is 5.01 Å². The molecule has 4 nitrogen and oxygen atoms in total. The number of hydrogen-bond acceptors (Lipinski definition) is 5. The maximum Gasteiger partial charge on any atom is 0.214 e. The molecule has 0 bridgehead atoms. The number of aryl methyl sites for hydroxylation is 1. The summed E-state index contributed by atoms with van der Waals surface area (Å²) in [5, 5.41) is 21.5. The van der Waals surface area contributed by atoms with Crippen LogP contribution >= 0.6 is 27.3 Å². The number of phenols is 1. The van der Waals surface area contributed by atoms with Crippen molar-refractivity contribution in [1.29, 1.82) is 0 Å². The topological polar surface area (TPSA) is 45.1 Å². The average molecular weight is 441 g/mol. The Labute approximate surface area is 169 Å². The molecule has 3 aromatic rings. The Morgan fingerprint density at radius 3 is 2.93 bits per heavy atom. The Morgan fingerprint density at radius 2 is 2.11 bits per heavy atom. The first kappa shape index (κ1) is 16.8. The Bertz CT molecular complexity index is 1050. The van der Waals surface area contributed by atoms with Crippen molar-refractivity contribution in [2.45, 2.75) is 25.6 Å². The molecule has 2 aromatic carbocycles. The molecule has 27 heavy (non-hydrogen) atoms. The van der Waals surface area contributed by atoms with E-state index in [0.29, 0.717) is 0 Å². The van der Waals surface area contributed by atoms with Crippen molar-refractivity contribution in [2.24, 2.45) is 5.10 Å². The van der Waals surface area contributed by atoms with Crippen molar-refractivity contribution in [3.8, 4) is 11.5 Å². The monoisotopic (exact) mass is 440 g/mol. The van der Waals surface area contributed by atoms with E-state index in [1.165, 1.54) is 0 Å². The van der Waals surface area contributed by atoms with E-state index in [-0.39, 0.29) is 18.0 Å². The molecule has 0 amide bonds. The average Bonchev–Trinajstić information content (AvgIpc) is 3.33. The van der Waals surface area contributed by atoms with Crippen LogP contribution in [0.4, 0.5) is 0 Å². The van der Waals surface area contributed by atoms with Crippen LogP contribution in [0.15, 0.2) is 62.8 Å². The number of ether oxygens (including phenoxy) is 1. The molecule has 2 aliphatic heterocycles. The Balaban J connectivity index is 1.63. The number of fused-ring (bicyclic) bond motifs is 3. The van der Waals surface area contributed by atoms with Crippen LogP contribution in [-0.2, 0) is 0 Å². The van der Waals surface area contributed by atoms with E-state index in [0.717, 1.165) is 44.6 Å². The molecule has 3 heterocycles. The molecule has 0 fully saturated rings. The first-order chi connectivity index (χ1) is 13.1. The summed E-state index contributed by atoms with van der Waals surface area (Å²) in [6.07, 6.45) is 0.462. The van der Waals surface area contributed by atoms with Crippen molar-refractivity contribution in [2.75, 3.05) is 0 Å². The number of hydrogen-bond donors (Lipinski definition) is 1. The van der Waals surface area contributed by atoms with Gasteiger partial charge in [-0.2, -0.15) is 16.4 Å². The summed E-state index contributed by atoms with van der Waals surface area (Å²) in [5.41, 5.74) is 4.99. The van der Waals surface area contributed by atoms with Crippen molar-refractivity contribution in [3.05, 3.63) is 80.0 Å². The predicted molar refractivity (Wildman–Crippen MR) is 110 cm³/mol. The van der Waals surface area contributed by atoms with Crippen molar-refractivity contribution in [1.82, 2.24) is 5.01 Å². The van der Waals surface area contributed by atoms with Gasteiger partial charge in [0.05, 0.1) is 11.8 Å². The molecule has 0 spiro atoms. The van der Waals surface area contributed by atoms with Crippen molar-refractivity contribution < 1.29 is 9.84 Å². The molecular weight excluding hydrogens is 424 g/mol. The van der Waals surface area contributed by atoms with Crippen LogP contribution in [0.5, 0.6) is 11.5 Å². The fourth-order valence-electron chi connectivity index (χ4n) is 3.74. The van der Waals surface area contributed by atoms with E-state index >= 15 is 0 Å². The highest BCUT2D eigenvalue weighted by Crippen LogP contribution is 2.48. The summed E-state index contributed by atoms with van der Waals surface area (Å²) in [7, 11) is 0. The normalized spacial score (nSPS) is 20.7. The number of phenolic OH excluding ortho intramolecular Hbond substituents is 1. The number of halogens is 1. The molecule has 1 aromatic heterocycles. The van der Waals surface area contributed by atoms with Gasteiger partial charge in [-0.05, 0) is 54.1 Å². The van der Waals surface area contributed by atoms with Gasteiger partial charge in [0.2, 0.25) is 6.23 Å². The van der Waals surface area contributed by atoms with Crippen molar-refractivity contribution in [3.63, 3.8) is 0 Å². The lowest BCUT2D eigenvalue weighted by molar-refractivity contribution is -0.0188. The molecular formula is C21H17BrN2O2S. The number of nitrogens with zero attached hydrogens (tertiary/aromatic N) is 2. The smallest absolute Gasteiger partial charge is 0.214 e. The Morgan fingerprint density at radius 1 is 1.22 bits per heavy atom. The van der Waals surface area contributed by atoms with E-state index in [2.05, 4.69) is 38.8 Å². The molecule has 1 N–H and O–H groups in total. The zero-order valence-corrected chi connectivity index (χ0v) is 17.0. The third kappa shape index (κ3) is 2.84. The lowest BCUT2D eigenvalue weighted by Crippen LogP contribution is -2.33. The van der Waals surface area contributed by atoms with Gasteiger partial charge in [-0.3, -0.25) is 0 Å². The zero-order valence-electron chi connectivity index (χ0n) is 14.6. The molecule has 2 atom stereocenters. The molecule has 0 saturated carbocycles. The summed E-state index contributed by atoms with van der Waals surface area (Å²) in [5.74, 6) is 1.15. The standard InChI is InChI=1S/C21H17BrN2O2S/c1-12-2-4-19(25)15(8-12)17-10-18-16-9-14(22)3-5-20(16)26-21(24(18)23-17)13-6-7-27-11-13/h2-9,11,18,21,25H,10H2,1H3/t18-,21+/m0/s1. The maximum atomic E-state index is 10.4. The number of benzene rings is 2. The first-order valence-corrected chi connectivity index (χ1v) is 10.5. The van der Waals surface area contributed by atoms with Gasteiger partial charge in [0, 0.05) is 27.6 Å². The zero-order chi connectivity index (χ0) is 18.5. The summed E-state index contributed by atoms with van der Waals surface area (Å²) in [4.78, 5) is 0. The van der Waals surface area contributed by atoms with E-state index in [1.807, 2.05) is 36.2 Å². The summed E-state index contributed by atoms with van der Waals surface area (Å²) < 4.78 is 7.34. The van der Waals surface area contributed by atoms with Crippen LogP contribution in [0, 0.1) is 6.92 Å². The summed E-state index contributed by atoms with van der Waals surface area (Å²) in [6, 6.07) is 13.9. The molecule has 0 saturated heterocycles. The highest BCUT2D eigenvalue weighted by Gasteiger charge is 2.41. The molecule has 6 heteroatoms. The molecule has 2 aliphatic rings. The number of rotatable bonds is 2. The summed E-state index contributed by atoms with van der Waals surface area (Å²) >= 11 is 5.22. The number of thiophene rings is 1. The number of hydrazone groups is 1. The highest BCUT2D eigenvalue weighted by atomic mass is 79.9. The van der Waals surface area contributed by atoms with E-state index in [9.17, 15) is 5.11 Å². The van der Waals surface area contributed by atoms with Gasteiger partial charge in [0.15, 0.2) is 0 Å². The van der Waals surface area contributed by atoms with Crippen LogP contribution in [0.3, 0.4) is 0 Å². The van der Waals surface area contributed by atoms with E-state index < -0.39 is 0 Å². The first-order valence-electron chi connectivity index (χ1n) is 8.74. The highest BCUT2D eigenvalue weighted by molar-refractivity contribution is 9.10. The van der Waals surface area contributed by atoms with Gasteiger partial charge in [0.1, 0.15) is 11.5 Å². The third-order valence-corrected chi connectivity index (χ3v) is 6.24. The molecule has 136 valence electrons. The SMILES string of the molecule is Cc1ccc(O)c(C2=NN3[C@@H](c4ccsc4)Oc4ccc(Br)cc4[C@@H]3C2)c1. The van der Waals surface area contributed by atoms with E-state index in [4.69, 9.17) is 9.84 Å². The lowest BCUT2D eigenvalue weighted by atomic mass is 9.95. The molecule has 5 rings (SSSR count). The second-order valence-electron chi connectivity index (χ2n) is 6.88. The molecule has 0 aliphatic carbocycles. The lowest BCUT2D eigenvalue weighted by Gasteiger charge is -2.37. The summed E-state index contributed by atoms with van der Waals surface area (Å²) in [6.45, 7) is 2.02. The van der Waals surface area contributed by atoms with Crippen LogP contribution in [0.2, 0.25) is 0 Å². The fraction of sp³-hybridized carbons (Fsp3) is 0.190. The number of aromatic hydroxyl groups is 1. The van der Waals surface area contributed by atoms with Crippen molar-refractivity contribution >= 4 is 33.0 Å². The largest absolute Gasteiger partial charge is 0.507 e. The second kappa shape index (κ2) is 6.39. The minimum Gasteiger partial charge on any atom is -0.507 e. The Kier molecular flexibility index (Phi) is 3.98. The van der Waals surface area contributed by atoms with Crippen LogP contribution < -0.4 is 4.74 Å². The van der Waals surface area contributed by atoms with Crippen LogP contribution in [0.25, 0.3) is 0 Å². The van der Waals surface area contributed by atoms with Gasteiger partial charge >= 0.3 is 0 Å². The molecule has 0 unspecified atom stereocenters.